The monoisotopic (exact) mass is 363 g/mol. The predicted molar refractivity (Wildman–Crippen MR) is 94.7 cm³/mol. The number of rotatable bonds is 4. The summed E-state index contributed by atoms with van der Waals surface area (Å²) in [5.41, 5.74) is 0.984. The van der Waals surface area contributed by atoms with Gasteiger partial charge in [0.2, 0.25) is 10.0 Å². The quantitative estimate of drug-likeness (QED) is 0.830. The zero-order valence-electron chi connectivity index (χ0n) is 14.2. The Morgan fingerprint density at radius 2 is 1.72 bits per heavy atom. The second-order valence-corrected chi connectivity index (χ2v) is 8.22. The summed E-state index contributed by atoms with van der Waals surface area (Å²) < 4.78 is 45.8. The molecule has 1 saturated heterocycles. The highest BCUT2D eigenvalue weighted by Crippen LogP contribution is 2.30. The van der Waals surface area contributed by atoms with Crippen molar-refractivity contribution in [3.05, 3.63) is 59.9 Å². The Bertz CT molecular complexity index is 804. The van der Waals surface area contributed by atoms with E-state index in [1.807, 2.05) is 0 Å². The summed E-state index contributed by atoms with van der Waals surface area (Å²) in [6.45, 7) is 0.923. The number of halogens is 1. The molecule has 1 aliphatic rings. The number of ether oxygens (including phenoxy) is 1. The van der Waals surface area contributed by atoms with Gasteiger partial charge < -0.3 is 4.74 Å². The maximum absolute atomic E-state index is 13.2. The molecule has 0 saturated carbocycles. The van der Waals surface area contributed by atoms with Gasteiger partial charge in [0.25, 0.3) is 0 Å². The van der Waals surface area contributed by atoms with Crippen molar-refractivity contribution in [2.75, 3.05) is 20.2 Å². The average Bonchev–Trinajstić information content (AvgIpc) is 2.89. The van der Waals surface area contributed by atoms with Gasteiger partial charge in [0.15, 0.2) is 0 Å². The number of hydrogen-bond donors (Lipinski definition) is 0. The molecular weight excluding hydrogens is 341 g/mol. The van der Waals surface area contributed by atoms with Crippen LogP contribution in [0.1, 0.15) is 30.7 Å². The normalized spacial score (nSPS) is 19.4. The Morgan fingerprint density at radius 3 is 2.36 bits per heavy atom. The van der Waals surface area contributed by atoms with E-state index in [1.54, 1.807) is 47.8 Å². The highest BCUT2D eigenvalue weighted by molar-refractivity contribution is 7.89. The molecule has 0 aliphatic carbocycles. The third kappa shape index (κ3) is 4.02. The maximum atomic E-state index is 13.2. The van der Waals surface area contributed by atoms with Crippen LogP contribution in [-0.4, -0.2) is 32.9 Å². The maximum Gasteiger partial charge on any atom is 0.243 e. The molecule has 2 aromatic rings. The number of nitrogens with zero attached hydrogens (tertiary/aromatic N) is 1. The molecule has 1 unspecified atom stereocenters. The molecule has 134 valence electrons. The van der Waals surface area contributed by atoms with Crippen LogP contribution in [0.2, 0.25) is 0 Å². The van der Waals surface area contributed by atoms with Gasteiger partial charge in [-0.1, -0.05) is 18.6 Å². The fourth-order valence-electron chi connectivity index (χ4n) is 3.23. The highest BCUT2D eigenvalue weighted by atomic mass is 32.2. The van der Waals surface area contributed by atoms with Gasteiger partial charge in [-0.15, -0.1) is 0 Å². The van der Waals surface area contributed by atoms with Crippen LogP contribution < -0.4 is 4.74 Å². The molecule has 0 N–H and O–H groups in total. The lowest BCUT2D eigenvalue weighted by Crippen LogP contribution is -2.34. The molecule has 1 aliphatic heterocycles. The fraction of sp³-hybridized carbons (Fsp3) is 0.368. The lowest BCUT2D eigenvalue weighted by molar-refractivity contribution is 0.405. The molecule has 0 bridgehead atoms. The molecule has 2 aromatic carbocycles. The number of hydrogen-bond acceptors (Lipinski definition) is 3. The largest absolute Gasteiger partial charge is 0.497 e. The molecule has 0 amide bonds. The van der Waals surface area contributed by atoms with Crippen molar-refractivity contribution in [3.8, 4) is 5.75 Å². The number of benzene rings is 2. The third-order valence-corrected chi connectivity index (χ3v) is 6.55. The van der Waals surface area contributed by atoms with E-state index in [-0.39, 0.29) is 16.6 Å². The summed E-state index contributed by atoms with van der Waals surface area (Å²) in [6, 6.07) is 12.8. The molecule has 4 nitrogen and oxygen atoms in total. The minimum Gasteiger partial charge on any atom is -0.497 e. The first-order valence-corrected chi connectivity index (χ1v) is 9.84. The van der Waals surface area contributed by atoms with Crippen LogP contribution in [0.15, 0.2) is 53.4 Å². The first kappa shape index (κ1) is 17.9. The van der Waals surface area contributed by atoms with Crippen LogP contribution >= 0.6 is 0 Å². The van der Waals surface area contributed by atoms with Crippen molar-refractivity contribution in [1.82, 2.24) is 4.31 Å². The van der Waals surface area contributed by atoms with Crippen LogP contribution in [0.25, 0.3) is 0 Å². The number of methoxy groups -OCH3 is 1. The summed E-state index contributed by atoms with van der Waals surface area (Å²) in [5, 5.41) is 0. The Labute approximate surface area is 148 Å². The van der Waals surface area contributed by atoms with Crippen molar-refractivity contribution in [2.45, 2.75) is 30.1 Å². The van der Waals surface area contributed by atoms with E-state index < -0.39 is 10.0 Å². The van der Waals surface area contributed by atoms with Crippen molar-refractivity contribution in [1.29, 1.82) is 0 Å². The summed E-state index contributed by atoms with van der Waals surface area (Å²) >= 11 is 0. The summed E-state index contributed by atoms with van der Waals surface area (Å²) in [5.74, 6) is 0.426. The lowest BCUT2D eigenvalue weighted by Gasteiger charge is -2.24. The third-order valence-electron chi connectivity index (χ3n) is 4.67. The van der Waals surface area contributed by atoms with E-state index in [0.29, 0.717) is 18.8 Å². The van der Waals surface area contributed by atoms with E-state index in [4.69, 9.17) is 4.74 Å². The smallest absolute Gasteiger partial charge is 0.243 e. The van der Waals surface area contributed by atoms with Gasteiger partial charge in [0.05, 0.1) is 12.0 Å². The minimum absolute atomic E-state index is 0.0797. The zero-order chi connectivity index (χ0) is 17.9. The Morgan fingerprint density at radius 1 is 1.04 bits per heavy atom. The van der Waals surface area contributed by atoms with Gasteiger partial charge in [0.1, 0.15) is 11.6 Å². The minimum atomic E-state index is -3.56. The average molecular weight is 363 g/mol. The van der Waals surface area contributed by atoms with Gasteiger partial charge in [-0.05, 0) is 60.7 Å². The summed E-state index contributed by atoms with van der Waals surface area (Å²) in [4.78, 5) is 0.271. The Hall–Kier alpha value is -1.92. The molecule has 1 atom stereocenters. The van der Waals surface area contributed by atoms with Crippen LogP contribution in [0.5, 0.6) is 5.75 Å². The van der Waals surface area contributed by atoms with Gasteiger partial charge in [0, 0.05) is 13.1 Å². The highest BCUT2D eigenvalue weighted by Gasteiger charge is 2.29. The fourth-order valence-corrected chi connectivity index (χ4v) is 4.75. The molecule has 0 radical (unpaired) electrons. The second kappa shape index (κ2) is 7.54. The van der Waals surface area contributed by atoms with Crippen LogP contribution in [0.3, 0.4) is 0 Å². The first-order chi connectivity index (χ1) is 12.0. The molecule has 1 heterocycles. The Balaban J connectivity index is 1.85. The van der Waals surface area contributed by atoms with Gasteiger partial charge >= 0.3 is 0 Å². The van der Waals surface area contributed by atoms with Crippen molar-refractivity contribution < 1.29 is 17.5 Å². The summed E-state index contributed by atoms with van der Waals surface area (Å²) in [7, 11) is -2.01. The summed E-state index contributed by atoms with van der Waals surface area (Å²) in [6.07, 6.45) is 2.68. The topological polar surface area (TPSA) is 46.6 Å². The SMILES string of the molecule is COc1ccc(S(=O)(=O)N2CCCCC(c3ccc(F)cc3)C2)cc1. The van der Waals surface area contributed by atoms with Gasteiger partial charge in [-0.2, -0.15) is 4.31 Å². The van der Waals surface area contributed by atoms with E-state index >= 15 is 0 Å². The molecule has 6 heteroatoms. The molecule has 25 heavy (non-hydrogen) atoms. The standard InChI is InChI=1S/C19H22FNO3S/c1-24-18-9-11-19(12-10-18)25(22,23)21-13-3-2-4-16(14-21)15-5-7-17(20)8-6-15/h5-12,16H,2-4,13-14H2,1H3. The number of sulfonamides is 1. The molecule has 1 fully saturated rings. The lowest BCUT2D eigenvalue weighted by atomic mass is 9.95. The Kier molecular flexibility index (Phi) is 5.39. The van der Waals surface area contributed by atoms with E-state index in [0.717, 1.165) is 24.8 Å². The van der Waals surface area contributed by atoms with E-state index in [9.17, 15) is 12.8 Å². The van der Waals surface area contributed by atoms with Gasteiger partial charge in [-0.25, -0.2) is 12.8 Å². The van der Waals surface area contributed by atoms with E-state index in [2.05, 4.69) is 0 Å². The van der Waals surface area contributed by atoms with Crippen LogP contribution in [0.4, 0.5) is 4.39 Å². The zero-order valence-corrected chi connectivity index (χ0v) is 15.0. The second-order valence-electron chi connectivity index (χ2n) is 6.28. The van der Waals surface area contributed by atoms with Crippen LogP contribution in [0, 0.1) is 5.82 Å². The molecular formula is C19H22FNO3S. The van der Waals surface area contributed by atoms with Crippen LogP contribution in [-0.2, 0) is 10.0 Å². The first-order valence-electron chi connectivity index (χ1n) is 8.40. The van der Waals surface area contributed by atoms with Crippen molar-refractivity contribution in [2.24, 2.45) is 0 Å². The molecule has 0 aromatic heterocycles. The molecule has 3 rings (SSSR count). The van der Waals surface area contributed by atoms with Gasteiger partial charge in [-0.3, -0.25) is 0 Å². The van der Waals surface area contributed by atoms with Crippen molar-refractivity contribution in [3.63, 3.8) is 0 Å². The van der Waals surface area contributed by atoms with E-state index in [1.165, 1.54) is 12.1 Å². The molecule has 0 spiro atoms. The predicted octanol–water partition coefficient (Wildman–Crippen LogP) is 3.79. The van der Waals surface area contributed by atoms with Crippen molar-refractivity contribution >= 4 is 10.0 Å².